The SMILES string of the molecule is O=C(NC1CC1)c1ccc(C[NH+]2CCc3ccccc3C2)cc1. The van der Waals surface area contributed by atoms with E-state index in [4.69, 9.17) is 0 Å². The van der Waals surface area contributed by atoms with E-state index in [1.165, 1.54) is 23.2 Å². The number of hydrogen-bond donors (Lipinski definition) is 2. The second-order valence-electron chi connectivity index (χ2n) is 6.82. The minimum Gasteiger partial charge on any atom is -0.349 e. The summed E-state index contributed by atoms with van der Waals surface area (Å²) in [6, 6.07) is 17.3. The van der Waals surface area contributed by atoms with Gasteiger partial charge in [0.25, 0.3) is 5.91 Å². The fourth-order valence-corrected chi connectivity index (χ4v) is 3.35. The smallest absolute Gasteiger partial charge is 0.251 e. The molecule has 1 amide bonds. The average molecular weight is 307 g/mol. The molecule has 2 N–H and O–H groups in total. The molecule has 118 valence electrons. The van der Waals surface area contributed by atoms with Crippen molar-refractivity contribution in [1.29, 1.82) is 0 Å². The minimum absolute atomic E-state index is 0.0679. The molecule has 1 saturated carbocycles. The van der Waals surface area contributed by atoms with E-state index in [1.807, 2.05) is 12.1 Å². The van der Waals surface area contributed by atoms with Gasteiger partial charge in [-0.25, -0.2) is 0 Å². The van der Waals surface area contributed by atoms with E-state index < -0.39 is 0 Å². The number of fused-ring (bicyclic) bond motifs is 1. The van der Waals surface area contributed by atoms with Gasteiger partial charge in [0, 0.05) is 29.2 Å². The van der Waals surface area contributed by atoms with Crippen LogP contribution in [0, 0.1) is 0 Å². The van der Waals surface area contributed by atoms with Gasteiger partial charge in [-0.05, 0) is 30.5 Å². The molecule has 1 atom stereocenters. The Morgan fingerprint density at radius 1 is 1.04 bits per heavy atom. The molecule has 23 heavy (non-hydrogen) atoms. The summed E-state index contributed by atoms with van der Waals surface area (Å²) in [5.74, 6) is 0.0679. The average Bonchev–Trinajstić information content (AvgIpc) is 3.39. The van der Waals surface area contributed by atoms with E-state index in [2.05, 4.69) is 41.7 Å². The number of hydrogen-bond acceptors (Lipinski definition) is 1. The zero-order valence-corrected chi connectivity index (χ0v) is 13.3. The second-order valence-corrected chi connectivity index (χ2v) is 6.82. The summed E-state index contributed by atoms with van der Waals surface area (Å²) < 4.78 is 0. The molecule has 2 aliphatic rings. The van der Waals surface area contributed by atoms with Crippen LogP contribution in [0.5, 0.6) is 0 Å². The summed E-state index contributed by atoms with van der Waals surface area (Å²) in [5, 5.41) is 3.04. The van der Waals surface area contributed by atoms with Gasteiger partial charge in [-0.15, -0.1) is 0 Å². The van der Waals surface area contributed by atoms with Crippen LogP contribution in [-0.4, -0.2) is 18.5 Å². The molecule has 1 unspecified atom stereocenters. The van der Waals surface area contributed by atoms with Crippen LogP contribution in [0.4, 0.5) is 0 Å². The first kappa shape index (κ1) is 14.5. The minimum atomic E-state index is 0.0679. The lowest BCUT2D eigenvalue weighted by molar-refractivity contribution is -0.929. The molecule has 0 radical (unpaired) electrons. The number of quaternary nitrogens is 1. The van der Waals surface area contributed by atoms with Gasteiger partial charge < -0.3 is 10.2 Å². The molecule has 3 nitrogen and oxygen atoms in total. The van der Waals surface area contributed by atoms with Gasteiger partial charge in [0.2, 0.25) is 0 Å². The Kier molecular flexibility index (Phi) is 3.88. The molecule has 3 heteroatoms. The van der Waals surface area contributed by atoms with Gasteiger partial charge in [-0.3, -0.25) is 4.79 Å². The maximum absolute atomic E-state index is 12.0. The fraction of sp³-hybridized carbons (Fsp3) is 0.350. The molecule has 0 saturated heterocycles. The maximum Gasteiger partial charge on any atom is 0.251 e. The van der Waals surface area contributed by atoms with E-state index in [1.54, 1.807) is 4.90 Å². The van der Waals surface area contributed by atoms with Gasteiger partial charge >= 0.3 is 0 Å². The molecule has 0 bridgehead atoms. The molecule has 1 heterocycles. The third-order valence-corrected chi connectivity index (χ3v) is 4.89. The highest BCUT2D eigenvalue weighted by atomic mass is 16.1. The summed E-state index contributed by atoms with van der Waals surface area (Å²) in [5.41, 5.74) is 5.07. The molecule has 1 fully saturated rings. The third-order valence-electron chi connectivity index (χ3n) is 4.89. The highest BCUT2D eigenvalue weighted by Gasteiger charge is 2.24. The summed E-state index contributed by atoms with van der Waals surface area (Å²) >= 11 is 0. The van der Waals surface area contributed by atoms with Crippen molar-refractivity contribution < 1.29 is 9.69 Å². The Hall–Kier alpha value is -2.13. The zero-order valence-electron chi connectivity index (χ0n) is 13.3. The lowest BCUT2D eigenvalue weighted by Gasteiger charge is -2.26. The predicted molar refractivity (Wildman–Crippen MR) is 90.3 cm³/mol. The molecule has 0 aromatic heterocycles. The Morgan fingerprint density at radius 3 is 2.52 bits per heavy atom. The normalized spacial score (nSPS) is 19.9. The van der Waals surface area contributed by atoms with Crippen molar-refractivity contribution in [3.8, 4) is 0 Å². The standard InChI is InChI=1S/C20H22N2O/c23-20(21-19-9-10-19)17-7-5-15(6-8-17)13-22-12-11-16-3-1-2-4-18(16)14-22/h1-8,19H,9-14H2,(H,21,23)/p+1. The lowest BCUT2D eigenvalue weighted by Crippen LogP contribution is -3.10. The molecule has 0 spiro atoms. The van der Waals surface area contributed by atoms with Gasteiger partial charge in [-0.2, -0.15) is 0 Å². The molecule has 2 aromatic carbocycles. The Labute approximate surface area is 137 Å². The van der Waals surface area contributed by atoms with Crippen molar-refractivity contribution >= 4 is 5.91 Å². The number of carbonyl (C=O) groups excluding carboxylic acids is 1. The molecule has 1 aliphatic heterocycles. The quantitative estimate of drug-likeness (QED) is 0.886. The number of carbonyl (C=O) groups is 1. The number of rotatable bonds is 4. The Morgan fingerprint density at radius 2 is 1.78 bits per heavy atom. The summed E-state index contributed by atoms with van der Waals surface area (Å²) in [7, 11) is 0. The fourth-order valence-electron chi connectivity index (χ4n) is 3.35. The number of benzene rings is 2. The van der Waals surface area contributed by atoms with Crippen LogP contribution in [0.1, 0.15) is 39.9 Å². The van der Waals surface area contributed by atoms with E-state index >= 15 is 0 Å². The van der Waals surface area contributed by atoms with Crippen molar-refractivity contribution in [3.63, 3.8) is 0 Å². The second kappa shape index (κ2) is 6.17. The molecule has 4 rings (SSSR count). The zero-order chi connectivity index (χ0) is 15.6. The van der Waals surface area contributed by atoms with E-state index in [0.29, 0.717) is 6.04 Å². The van der Waals surface area contributed by atoms with Gasteiger partial charge in [0.15, 0.2) is 0 Å². The Balaban J connectivity index is 1.38. The first-order valence-corrected chi connectivity index (χ1v) is 8.58. The summed E-state index contributed by atoms with van der Waals surface area (Å²) in [6.45, 7) is 3.31. The molecular weight excluding hydrogens is 284 g/mol. The van der Waals surface area contributed by atoms with E-state index in [0.717, 1.165) is 37.9 Å². The van der Waals surface area contributed by atoms with E-state index in [-0.39, 0.29) is 5.91 Å². The first-order valence-electron chi connectivity index (χ1n) is 8.58. The Bertz CT molecular complexity index is 704. The summed E-state index contributed by atoms with van der Waals surface area (Å²) in [4.78, 5) is 13.6. The largest absolute Gasteiger partial charge is 0.349 e. The highest BCUT2D eigenvalue weighted by Crippen LogP contribution is 2.19. The highest BCUT2D eigenvalue weighted by molar-refractivity contribution is 5.94. The van der Waals surface area contributed by atoms with Crippen LogP contribution in [0.3, 0.4) is 0 Å². The van der Waals surface area contributed by atoms with Crippen molar-refractivity contribution in [1.82, 2.24) is 5.32 Å². The van der Waals surface area contributed by atoms with Crippen molar-refractivity contribution in [2.45, 2.75) is 38.4 Å². The van der Waals surface area contributed by atoms with E-state index in [9.17, 15) is 4.79 Å². The van der Waals surface area contributed by atoms with Crippen LogP contribution in [0.2, 0.25) is 0 Å². The molecule has 2 aromatic rings. The third kappa shape index (κ3) is 3.45. The monoisotopic (exact) mass is 307 g/mol. The topological polar surface area (TPSA) is 33.5 Å². The van der Waals surface area contributed by atoms with Crippen LogP contribution in [0.25, 0.3) is 0 Å². The van der Waals surface area contributed by atoms with Crippen LogP contribution in [-0.2, 0) is 19.5 Å². The van der Waals surface area contributed by atoms with Crippen molar-refractivity contribution in [2.24, 2.45) is 0 Å². The molecular formula is C20H23N2O+. The maximum atomic E-state index is 12.0. The summed E-state index contributed by atoms with van der Waals surface area (Å²) in [6.07, 6.45) is 3.42. The van der Waals surface area contributed by atoms with Gasteiger partial charge in [0.1, 0.15) is 13.1 Å². The number of amides is 1. The van der Waals surface area contributed by atoms with Crippen molar-refractivity contribution in [3.05, 3.63) is 70.8 Å². The first-order chi connectivity index (χ1) is 11.3. The van der Waals surface area contributed by atoms with Crippen LogP contribution in [0.15, 0.2) is 48.5 Å². The number of nitrogens with one attached hydrogen (secondary N) is 2. The van der Waals surface area contributed by atoms with Crippen LogP contribution >= 0.6 is 0 Å². The predicted octanol–water partition coefficient (Wildman–Crippen LogP) is 1.72. The van der Waals surface area contributed by atoms with Gasteiger partial charge in [-0.1, -0.05) is 36.4 Å². The van der Waals surface area contributed by atoms with Gasteiger partial charge in [0.05, 0.1) is 6.54 Å². The van der Waals surface area contributed by atoms with Crippen molar-refractivity contribution in [2.75, 3.05) is 6.54 Å². The van der Waals surface area contributed by atoms with Crippen LogP contribution < -0.4 is 10.2 Å². The lowest BCUT2D eigenvalue weighted by atomic mass is 9.99. The molecule has 1 aliphatic carbocycles.